The molecule has 4 aromatic rings. The number of anilines is 2. The lowest BCUT2D eigenvalue weighted by Crippen LogP contribution is -2.38. The smallest absolute Gasteiger partial charge is 0.324 e. The summed E-state index contributed by atoms with van der Waals surface area (Å²) >= 11 is 0. The largest absolute Gasteiger partial charge is 0.501 e. The highest BCUT2D eigenvalue weighted by Crippen LogP contribution is 2.32. The number of halogens is 1. The monoisotopic (exact) mass is 547 g/mol. The number of H-pyrrole nitrogens is 1. The van der Waals surface area contributed by atoms with Crippen LogP contribution >= 0.6 is 0 Å². The number of rotatable bonds is 6. The van der Waals surface area contributed by atoms with Crippen molar-refractivity contribution in [3.05, 3.63) is 70.2 Å². The van der Waals surface area contributed by atoms with Crippen LogP contribution in [0.3, 0.4) is 0 Å². The quantitative estimate of drug-likeness (QED) is 0.381. The van der Waals surface area contributed by atoms with Crippen molar-refractivity contribution in [2.24, 2.45) is 0 Å². The molecule has 0 aliphatic carbocycles. The number of morpholine rings is 1. The van der Waals surface area contributed by atoms with Crippen LogP contribution in [0.25, 0.3) is 17.2 Å². The molecule has 6 rings (SSSR count). The van der Waals surface area contributed by atoms with Crippen LogP contribution in [0.1, 0.15) is 25.1 Å². The number of urea groups is 1. The lowest BCUT2D eigenvalue weighted by atomic mass is 10.1. The maximum Gasteiger partial charge on any atom is 0.324 e. The molecule has 2 aliphatic rings. The third-order valence-corrected chi connectivity index (χ3v) is 7.36. The van der Waals surface area contributed by atoms with E-state index in [2.05, 4.69) is 19.9 Å². The Kier molecular flexibility index (Phi) is 6.62. The van der Waals surface area contributed by atoms with Gasteiger partial charge >= 0.3 is 11.6 Å². The van der Waals surface area contributed by atoms with Crippen molar-refractivity contribution in [2.75, 3.05) is 49.2 Å². The minimum Gasteiger partial charge on any atom is -0.501 e. The van der Waals surface area contributed by atoms with E-state index in [1.54, 1.807) is 34.3 Å². The van der Waals surface area contributed by atoms with Gasteiger partial charge in [-0.3, -0.25) is 14.1 Å². The highest BCUT2D eigenvalue weighted by atomic mass is 19.1. The van der Waals surface area contributed by atoms with Gasteiger partial charge in [-0.2, -0.15) is 0 Å². The molecule has 40 heavy (non-hydrogen) atoms. The summed E-state index contributed by atoms with van der Waals surface area (Å²) in [5.41, 5.74) is 2.35. The maximum atomic E-state index is 13.5. The summed E-state index contributed by atoms with van der Waals surface area (Å²) in [6, 6.07) is 7.86. The van der Waals surface area contributed by atoms with Gasteiger partial charge in [-0.25, -0.2) is 19.2 Å². The first kappa shape index (κ1) is 25.8. The fourth-order valence-electron chi connectivity index (χ4n) is 5.21. The van der Waals surface area contributed by atoms with E-state index in [9.17, 15) is 19.1 Å². The summed E-state index contributed by atoms with van der Waals surface area (Å²) in [6.45, 7) is 7.27. The van der Waals surface area contributed by atoms with E-state index in [-0.39, 0.29) is 35.1 Å². The Morgan fingerprint density at radius 1 is 1.10 bits per heavy atom. The minimum atomic E-state index is -0.666. The summed E-state index contributed by atoms with van der Waals surface area (Å²) in [6.07, 6.45) is 3.68. The first-order valence-corrected chi connectivity index (χ1v) is 13.3. The highest BCUT2D eigenvalue weighted by molar-refractivity contribution is 5.98. The number of hydrogen-bond acceptors (Lipinski definition) is 7. The van der Waals surface area contributed by atoms with Crippen molar-refractivity contribution in [1.29, 1.82) is 0 Å². The van der Waals surface area contributed by atoms with Crippen molar-refractivity contribution >= 4 is 23.1 Å². The van der Waals surface area contributed by atoms with Gasteiger partial charge in [0.05, 0.1) is 24.6 Å². The first-order chi connectivity index (χ1) is 19.3. The molecule has 12 heteroatoms. The summed E-state index contributed by atoms with van der Waals surface area (Å²) in [7, 11) is 0. The Balaban J connectivity index is 1.46. The van der Waals surface area contributed by atoms with E-state index in [1.165, 1.54) is 16.5 Å². The SMILES string of the molecule is CC(C)N1CCN(c2cc(N3CCOCC3)cn3c(=O)c(O)c(-c4ncc(Cc5ccc(F)cc5)[nH]4)nc23)C1=O. The van der Waals surface area contributed by atoms with Crippen LogP contribution in [0.4, 0.5) is 20.6 Å². The number of benzene rings is 1. The minimum absolute atomic E-state index is 0.0110. The van der Waals surface area contributed by atoms with E-state index in [0.29, 0.717) is 57.2 Å². The third kappa shape index (κ3) is 4.64. The number of aromatic amines is 1. The van der Waals surface area contributed by atoms with Crippen LogP contribution in [0, 0.1) is 5.82 Å². The Morgan fingerprint density at radius 2 is 1.85 bits per heavy atom. The second kappa shape index (κ2) is 10.3. The van der Waals surface area contributed by atoms with Crippen LogP contribution in [-0.4, -0.2) is 80.8 Å². The second-order valence-electron chi connectivity index (χ2n) is 10.3. The molecule has 11 nitrogen and oxygen atoms in total. The van der Waals surface area contributed by atoms with Crippen LogP contribution in [0.2, 0.25) is 0 Å². The molecule has 0 unspecified atom stereocenters. The lowest BCUT2D eigenvalue weighted by Gasteiger charge is -2.30. The van der Waals surface area contributed by atoms with Crippen molar-refractivity contribution < 1.29 is 19.0 Å². The normalized spacial score (nSPS) is 16.1. The number of aromatic hydroxyl groups is 1. The molecular weight excluding hydrogens is 517 g/mol. The van der Waals surface area contributed by atoms with Crippen molar-refractivity contribution in [2.45, 2.75) is 26.3 Å². The number of nitrogens with one attached hydrogen (secondary N) is 1. The number of nitrogens with zero attached hydrogens (tertiary/aromatic N) is 6. The molecule has 2 aliphatic heterocycles. The maximum absolute atomic E-state index is 13.5. The number of pyridine rings is 1. The summed E-state index contributed by atoms with van der Waals surface area (Å²) in [5.74, 6) is -0.656. The van der Waals surface area contributed by atoms with Gasteiger partial charge in [0.25, 0.3) is 0 Å². The molecule has 0 spiro atoms. The average Bonchev–Trinajstić information content (AvgIpc) is 3.58. The number of aromatic nitrogens is 4. The fraction of sp³-hybridized carbons (Fsp3) is 0.357. The number of hydrogen-bond donors (Lipinski definition) is 2. The molecule has 0 radical (unpaired) electrons. The molecule has 1 aromatic carbocycles. The number of ether oxygens (including phenoxy) is 1. The number of carbonyl (C=O) groups is 1. The van der Waals surface area contributed by atoms with Gasteiger partial charge in [0.15, 0.2) is 17.2 Å². The van der Waals surface area contributed by atoms with Gasteiger partial charge in [0.1, 0.15) is 5.82 Å². The molecule has 2 fully saturated rings. The standard InChI is InChI=1S/C28H30FN7O4/c1-17(2)34-7-8-35(28(34)39)22-14-21(33-9-11-40-12-10-33)16-36-26(22)32-23(24(37)27(36)38)25-30-15-20(31-25)13-18-3-5-19(29)6-4-18/h3-6,14-17,37H,7-13H2,1-2H3,(H,30,31). The van der Waals surface area contributed by atoms with Gasteiger partial charge in [-0.15, -0.1) is 0 Å². The van der Waals surface area contributed by atoms with Crippen LogP contribution in [-0.2, 0) is 11.2 Å². The number of imidazole rings is 1. The molecule has 0 bridgehead atoms. The van der Waals surface area contributed by atoms with E-state index in [4.69, 9.17) is 4.74 Å². The highest BCUT2D eigenvalue weighted by Gasteiger charge is 2.34. The molecule has 2 amide bonds. The topological polar surface area (TPSA) is 119 Å². The number of amides is 2. The fourth-order valence-corrected chi connectivity index (χ4v) is 5.21. The molecule has 0 saturated carbocycles. The molecule has 2 saturated heterocycles. The van der Waals surface area contributed by atoms with Crippen LogP contribution < -0.4 is 15.4 Å². The van der Waals surface area contributed by atoms with Gasteiger partial charge in [0, 0.05) is 56.7 Å². The summed E-state index contributed by atoms with van der Waals surface area (Å²) < 4.78 is 20.1. The summed E-state index contributed by atoms with van der Waals surface area (Å²) in [5, 5.41) is 11.0. The molecular formula is C28H30FN7O4. The molecule has 5 heterocycles. The first-order valence-electron chi connectivity index (χ1n) is 13.3. The van der Waals surface area contributed by atoms with Crippen molar-refractivity contribution in [3.8, 4) is 17.3 Å². The summed E-state index contributed by atoms with van der Waals surface area (Å²) in [4.78, 5) is 44.6. The number of carbonyl (C=O) groups excluding carboxylic acids is 1. The Morgan fingerprint density at radius 3 is 2.55 bits per heavy atom. The van der Waals surface area contributed by atoms with E-state index in [1.807, 2.05) is 19.9 Å². The zero-order chi connectivity index (χ0) is 28.0. The zero-order valence-electron chi connectivity index (χ0n) is 22.3. The van der Waals surface area contributed by atoms with Crippen LogP contribution in [0.5, 0.6) is 5.75 Å². The Hall–Kier alpha value is -4.45. The van der Waals surface area contributed by atoms with E-state index < -0.39 is 11.3 Å². The predicted molar refractivity (Wildman–Crippen MR) is 148 cm³/mol. The predicted octanol–water partition coefficient (Wildman–Crippen LogP) is 3.01. The molecule has 208 valence electrons. The Bertz CT molecular complexity index is 1630. The van der Waals surface area contributed by atoms with Crippen LogP contribution in [0.15, 0.2) is 47.5 Å². The second-order valence-corrected chi connectivity index (χ2v) is 10.3. The molecule has 3 aromatic heterocycles. The van der Waals surface area contributed by atoms with Crippen molar-refractivity contribution in [3.63, 3.8) is 0 Å². The lowest BCUT2D eigenvalue weighted by molar-refractivity contribution is 0.122. The molecule has 2 N–H and O–H groups in total. The van der Waals surface area contributed by atoms with Gasteiger partial charge in [-0.1, -0.05) is 12.1 Å². The van der Waals surface area contributed by atoms with Crippen molar-refractivity contribution in [1.82, 2.24) is 24.3 Å². The number of fused-ring (bicyclic) bond motifs is 1. The average molecular weight is 548 g/mol. The molecule has 0 atom stereocenters. The van der Waals surface area contributed by atoms with Gasteiger partial charge < -0.3 is 24.6 Å². The third-order valence-electron chi connectivity index (χ3n) is 7.36. The van der Waals surface area contributed by atoms with E-state index in [0.717, 1.165) is 11.3 Å². The van der Waals surface area contributed by atoms with Gasteiger partial charge in [0.2, 0.25) is 5.75 Å². The van der Waals surface area contributed by atoms with Gasteiger partial charge in [-0.05, 0) is 37.6 Å². The Labute approximate surface area is 229 Å². The van der Waals surface area contributed by atoms with E-state index >= 15 is 0 Å². The zero-order valence-corrected chi connectivity index (χ0v) is 22.3.